The van der Waals surface area contributed by atoms with E-state index in [1.54, 1.807) is 24.3 Å². The van der Waals surface area contributed by atoms with Crippen molar-refractivity contribution in [3.63, 3.8) is 0 Å². The number of aromatic hydroxyl groups is 1. The lowest BCUT2D eigenvalue weighted by Crippen LogP contribution is -2.21. The number of carbonyl (C=O) groups is 1. The average molecular weight is 294 g/mol. The van der Waals surface area contributed by atoms with Crippen molar-refractivity contribution >= 4 is 5.78 Å². The van der Waals surface area contributed by atoms with E-state index in [-0.39, 0.29) is 29.7 Å². The van der Waals surface area contributed by atoms with Crippen LogP contribution >= 0.6 is 0 Å². The molecule has 1 saturated heterocycles. The number of para-hydroxylation sites is 1. The van der Waals surface area contributed by atoms with E-state index in [0.29, 0.717) is 12.0 Å². The fourth-order valence-corrected chi connectivity index (χ4v) is 3.68. The van der Waals surface area contributed by atoms with Crippen molar-refractivity contribution in [1.29, 1.82) is 0 Å². The van der Waals surface area contributed by atoms with Crippen LogP contribution in [0.3, 0.4) is 0 Å². The Morgan fingerprint density at radius 1 is 1.14 bits per heavy atom. The highest BCUT2D eigenvalue weighted by Gasteiger charge is 2.48. The van der Waals surface area contributed by atoms with E-state index in [0.717, 1.165) is 5.56 Å². The Hall–Kier alpha value is -2.13. The molecule has 1 N–H and O–H groups in total. The third kappa shape index (κ3) is 1.82. The molecule has 3 nitrogen and oxygen atoms in total. The van der Waals surface area contributed by atoms with Gasteiger partial charge in [-0.1, -0.05) is 24.3 Å². The summed E-state index contributed by atoms with van der Waals surface area (Å²) < 4.78 is 6.05. The second-order valence-corrected chi connectivity index (χ2v) is 6.33. The fourth-order valence-electron chi connectivity index (χ4n) is 3.68. The SMILES string of the molecule is Cc1cc2c(cc1C)[C@@H]1O[C@H]2C[C@H]1C(=O)c1ccccc1O. The lowest BCUT2D eigenvalue weighted by Gasteiger charge is -2.21. The molecule has 0 radical (unpaired) electrons. The van der Waals surface area contributed by atoms with Gasteiger partial charge in [-0.25, -0.2) is 0 Å². The summed E-state index contributed by atoms with van der Waals surface area (Å²) in [4.78, 5) is 12.8. The molecule has 0 aliphatic carbocycles. The molecule has 2 aromatic rings. The van der Waals surface area contributed by atoms with Gasteiger partial charge in [-0.15, -0.1) is 0 Å². The van der Waals surface area contributed by atoms with Gasteiger partial charge in [-0.05, 0) is 54.7 Å². The highest BCUT2D eigenvalue weighted by atomic mass is 16.5. The van der Waals surface area contributed by atoms with Gasteiger partial charge in [0.25, 0.3) is 0 Å². The molecule has 3 heteroatoms. The van der Waals surface area contributed by atoms with Crippen molar-refractivity contribution in [2.75, 3.05) is 0 Å². The summed E-state index contributed by atoms with van der Waals surface area (Å²) in [7, 11) is 0. The number of aryl methyl sites for hydroxylation is 2. The number of fused-ring (bicyclic) bond motifs is 5. The van der Waals surface area contributed by atoms with Crippen molar-refractivity contribution < 1.29 is 14.6 Å². The summed E-state index contributed by atoms with van der Waals surface area (Å²) in [6.07, 6.45) is 0.540. The van der Waals surface area contributed by atoms with Crippen LogP contribution in [0.4, 0.5) is 0 Å². The zero-order valence-electron chi connectivity index (χ0n) is 12.7. The number of ketones is 1. The van der Waals surface area contributed by atoms with Crippen LogP contribution in [0, 0.1) is 19.8 Å². The van der Waals surface area contributed by atoms with Gasteiger partial charge in [0.2, 0.25) is 0 Å². The highest BCUT2D eigenvalue weighted by molar-refractivity contribution is 6.01. The van der Waals surface area contributed by atoms with E-state index in [1.165, 1.54) is 16.7 Å². The first-order valence-electron chi connectivity index (χ1n) is 7.65. The van der Waals surface area contributed by atoms with E-state index in [2.05, 4.69) is 26.0 Å². The van der Waals surface area contributed by atoms with E-state index in [9.17, 15) is 9.90 Å². The number of rotatable bonds is 2. The Morgan fingerprint density at radius 2 is 1.82 bits per heavy atom. The van der Waals surface area contributed by atoms with Crippen LogP contribution in [-0.4, -0.2) is 10.9 Å². The van der Waals surface area contributed by atoms with Crippen LogP contribution in [-0.2, 0) is 4.74 Å². The van der Waals surface area contributed by atoms with Gasteiger partial charge in [0.05, 0.1) is 23.7 Å². The molecule has 1 fully saturated rings. The lowest BCUT2D eigenvalue weighted by atomic mass is 9.79. The Labute approximate surface area is 129 Å². The van der Waals surface area contributed by atoms with E-state index in [1.807, 2.05) is 0 Å². The van der Waals surface area contributed by atoms with E-state index in [4.69, 9.17) is 4.74 Å². The van der Waals surface area contributed by atoms with Gasteiger partial charge >= 0.3 is 0 Å². The van der Waals surface area contributed by atoms with Gasteiger partial charge in [0.1, 0.15) is 5.75 Å². The molecule has 112 valence electrons. The minimum Gasteiger partial charge on any atom is -0.507 e. The molecule has 2 aliphatic rings. The average Bonchev–Trinajstić information content (AvgIpc) is 3.07. The molecular weight excluding hydrogens is 276 g/mol. The van der Waals surface area contributed by atoms with Crippen LogP contribution in [0.15, 0.2) is 36.4 Å². The Bertz CT molecular complexity index is 778. The molecule has 2 aromatic carbocycles. The van der Waals surface area contributed by atoms with Crippen molar-refractivity contribution in [1.82, 2.24) is 0 Å². The Balaban J connectivity index is 1.72. The number of benzene rings is 2. The molecule has 0 aromatic heterocycles. The van der Waals surface area contributed by atoms with Gasteiger partial charge in [0.15, 0.2) is 5.78 Å². The predicted molar refractivity (Wildman–Crippen MR) is 83.0 cm³/mol. The molecule has 2 aliphatic heterocycles. The van der Waals surface area contributed by atoms with Crippen LogP contribution in [0.25, 0.3) is 0 Å². The second kappa shape index (κ2) is 4.68. The van der Waals surface area contributed by atoms with Gasteiger partial charge in [0, 0.05) is 0 Å². The molecular formula is C19H18O3. The number of Topliss-reactive ketones (excluding diaryl/α,β-unsaturated/α-hetero) is 1. The Morgan fingerprint density at radius 3 is 2.55 bits per heavy atom. The minimum absolute atomic E-state index is 0.0131. The van der Waals surface area contributed by atoms with E-state index < -0.39 is 0 Å². The molecule has 22 heavy (non-hydrogen) atoms. The standard InChI is InChI=1S/C19H18O3/c1-10-7-13-14(8-11(10)2)19-15(9-17(13)22-19)18(21)12-5-3-4-6-16(12)20/h3-8,15,17,19-20H,9H2,1-2H3/t15-,17-,19-/m0/s1. The number of carbonyl (C=O) groups excluding carboxylic acids is 1. The summed E-state index contributed by atoms with van der Waals surface area (Å²) in [5, 5.41) is 9.93. The maximum atomic E-state index is 12.8. The van der Waals surface area contributed by atoms with Crippen molar-refractivity contribution in [3.05, 3.63) is 64.2 Å². The highest BCUT2D eigenvalue weighted by Crippen LogP contribution is 2.55. The largest absolute Gasteiger partial charge is 0.507 e. The molecule has 3 atom stereocenters. The Kier molecular flexibility index (Phi) is 2.88. The zero-order valence-corrected chi connectivity index (χ0v) is 12.7. The summed E-state index contributed by atoms with van der Waals surface area (Å²) >= 11 is 0. The van der Waals surface area contributed by atoms with Gasteiger partial charge in [-0.2, -0.15) is 0 Å². The minimum atomic E-state index is -0.201. The summed E-state index contributed by atoms with van der Waals surface area (Å²) in [6.45, 7) is 4.19. The number of ether oxygens (including phenoxy) is 1. The van der Waals surface area contributed by atoms with Crippen molar-refractivity contribution in [2.45, 2.75) is 32.5 Å². The van der Waals surface area contributed by atoms with Crippen molar-refractivity contribution in [3.8, 4) is 5.75 Å². The molecule has 2 bridgehead atoms. The smallest absolute Gasteiger partial charge is 0.172 e. The first-order chi connectivity index (χ1) is 10.6. The van der Waals surface area contributed by atoms with Gasteiger partial charge in [-0.3, -0.25) is 4.79 Å². The normalized spacial score (nSPS) is 25.3. The quantitative estimate of drug-likeness (QED) is 0.851. The third-order valence-corrected chi connectivity index (χ3v) is 5.00. The number of phenols is 1. The summed E-state index contributed by atoms with van der Waals surface area (Å²) in [5.74, 6) is -0.169. The molecule has 4 rings (SSSR count). The predicted octanol–water partition coefficient (Wildman–Crippen LogP) is 4.02. The van der Waals surface area contributed by atoms with Crippen molar-refractivity contribution in [2.24, 2.45) is 5.92 Å². The number of hydrogen-bond acceptors (Lipinski definition) is 3. The van der Waals surface area contributed by atoms with Gasteiger partial charge < -0.3 is 9.84 Å². The molecule has 0 unspecified atom stereocenters. The number of phenolic OH excluding ortho intramolecular Hbond substituents is 1. The monoisotopic (exact) mass is 294 g/mol. The summed E-state index contributed by atoms with van der Waals surface area (Å²) in [5.41, 5.74) is 5.26. The first kappa shape index (κ1) is 13.5. The molecule has 2 heterocycles. The zero-order chi connectivity index (χ0) is 15.4. The molecule has 0 amide bonds. The summed E-state index contributed by atoms with van der Waals surface area (Å²) in [6, 6.07) is 11.1. The van der Waals surface area contributed by atoms with E-state index >= 15 is 0 Å². The van der Waals surface area contributed by atoms with Crippen LogP contribution in [0.2, 0.25) is 0 Å². The lowest BCUT2D eigenvalue weighted by molar-refractivity contribution is 0.0548. The van der Waals surface area contributed by atoms with Crippen LogP contribution in [0.5, 0.6) is 5.75 Å². The molecule has 0 saturated carbocycles. The number of hydrogen-bond donors (Lipinski definition) is 1. The maximum Gasteiger partial charge on any atom is 0.172 e. The second-order valence-electron chi connectivity index (χ2n) is 6.33. The maximum absolute atomic E-state index is 12.8. The topological polar surface area (TPSA) is 46.5 Å². The van der Waals surface area contributed by atoms with Crippen LogP contribution in [0.1, 0.15) is 51.2 Å². The third-order valence-electron chi connectivity index (χ3n) is 5.00. The molecule has 0 spiro atoms. The fraction of sp³-hybridized carbons (Fsp3) is 0.316. The van der Waals surface area contributed by atoms with Crippen LogP contribution < -0.4 is 0 Å². The first-order valence-corrected chi connectivity index (χ1v) is 7.65.